The Morgan fingerprint density at radius 3 is 2.93 bits per heavy atom. The van der Waals surface area contributed by atoms with Crippen LogP contribution in [-0.4, -0.2) is 44.2 Å². The van der Waals surface area contributed by atoms with E-state index < -0.39 is 0 Å². The molecule has 2 atom stereocenters. The maximum absolute atomic E-state index is 11.0. The van der Waals surface area contributed by atoms with Gasteiger partial charge in [0.15, 0.2) is 0 Å². The van der Waals surface area contributed by atoms with E-state index in [1.54, 1.807) is 0 Å². The van der Waals surface area contributed by atoms with Gasteiger partial charge >= 0.3 is 5.97 Å². The summed E-state index contributed by atoms with van der Waals surface area (Å²) in [6.07, 6.45) is 2.45. The number of likely N-dealkylation sites (N-methyl/N-ethyl adjacent to an activating group) is 1. The Hall–Kier alpha value is -0.610. The van der Waals surface area contributed by atoms with Gasteiger partial charge in [0.2, 0.25) is 0 Å². The number of ether oxygens (including phenoxy) is 1. The minimum Gasteiger partial charge on any atom is -0.469 e. The lowest BCUT2D eigenvalue weighted by molar-refractivity contribution is -0.141. The maximum Gasteiger partial charge on any atom is 0.305 e. The first-order valence-electron chi connectivity index (χ1n) is 5.14. The number of esters is 1. The van der Waals surface area contributed by atoms with E-state index in [9.17, 15) is 4.79 Å². The molecule has 0 spiro atoms. The van der Waals surface area contributed by atoms with Crippen LogP contribution < -0.4 is 5.73 Å². The second kappa shape index (κ2) is 5.32. The van der Waals surface area contributed by atoms with Gasteiger partial charge < -0.3 is 15.4 Å². The molecule has 4 heteroatoms. The van der Waals surface area contributed by atoms with Crippen molar-refractivity contribution in [2.24, 2.45) is 11.7 Å². The highest BCUT2D eigenvalue weighted by Gasteiger charge is 2.24. The minimum absolute atomic E-state index is 0.129. The average molecular weight is 200 g/mol. The molecule has 1 heterocycles. The highest BCUT2D eigenvalue weighted by molar-refractivity contribution is 5.69. The fourth-order valence-electron chi connectivity index (χ4n) is 1.96. The van der Waals surface area contributed by atoms with Crippen LogP contribution in [0.1, 0.15) is 19.3 Å². The molecule has 14 heavy (non-hydrogen) atoms. The van der Waals surface area contributed by atoms with Crippen molar-refractivity contribution in [1.29, 1.82) is 0 Å². The van der Waals surface area contributed by atoms with E-state index in [4.69, 9.17) is 5.73 Å². The van der Waals surface area contributed by atoms with E-state index in [0.29, 0.717) is 12.3 Å². The Morgan fingerprint density at radius 1 is 1.64 bits per heavy atom. The van der Waals surface area contributed by atoms with Crippen molar-refractivity contribution in [2.45, 2.75) is 25.3 Å². The van der Waals surface area contributed by atoms with Crippen molar-refractivity contribution in [3.8, 4) is 0 Å². The number of likely N-dealkylation sites (tertiary alicyclic amines) is 1. The van der Waals surface area contributed by atoms with E-state index in [1.807, 2.05) is 0 Å². The number of nitrogens with two attached hydrogens (primary N) is 1. The van der Waals surface area contributed by atoms with E-state index >= 15 is 0 Å². The Bertz CT molecular complexity index is 197. The fourth-order valence-corrected chi connectivity index (χ4v) is 1.96. The van der Waals surface area contributed by atoms with Gasteiger partial charge in [-0.3, -0.25) is 4.79 Å². The first-order valence-corrected chi connectivity index (χ1v) is 5.14. The van der Waals surface area contributed by atoms with Gasteiger partial charge in [0.1, 0.15) is 0 Å². The summed E-state index contributed by atoms with van der Waals surface area (Å²) in [7, 11) is 3.51. The van der Waals surface area contributed by atoms with Gasteiger partial charge in [-0.15, -0.1) is 0 Å². The zero-order valence-corrected chi connectivity index (χ0v) is 9.03. The third-order valence-corrected chi connectivity index (χ3v) is 2.96. The summed E-state index contributed by atoms with van der Waals surface area (Å²) in [5.74, 6) is 0.349. The van der Waals surface area contributed by atoms with Crippen LogP contribution in [-0.2, 0) is 9.53 Å². The minimum atomic E-state index is -0.129. The number of carbonyl (C=O) groups excluding carboxylic acids is 1. The number of rotatable bonds is 3. The van der Waals surface area contributed by atoms with Crippen LogP contribution in [0.3, 0.4) is 0 Å². The number of methoxy groups -OCH3 is 1. The molecule has 0 aromatic carbocycles. The van der Waals surface area contributed by atoms with Crippen molar-refractivity contribution < 1.29 is 9.53 Å². The van der Waals surface area contributed by atoms with Crippen LogP contribution in [0.5, 0.6) is 0 Å². The first kappa shape index (κ1) is 11.5. The maximum atomic E-state index is 11.0. The Morgan fingerprint density at radius 2 is 2.36 bits per heavy atom. The molecule has 1 rings (SSSR count). The molecule has 0 amide bonds. The van der Waals surface area contributed by atoms with Crippen molar-refractivity contribution in [3.05, 3.63) is 0 Å². The van der Waals surface area contributed by atoms with Crippen LogP contribution in [0.25, 0.3) is 0 Å². The summed E-state index contributed by atoms with van der Waals surface area (Å²) in [4.78, 5) is 13.2. The van der Waals surface area contributed by atoms with Crippen molar-refractivity contribution in [2.75, 3.05) is 27.2 Å². The second-order valence-corrected chi connectivity index (χ2v) is 4.09. The van der Waals surface area contributed by atoms with Gasteiger partial charge in [-0.05, 0) is 32.4 Å². The average Bonchev–Trinajstić information content (AvgIpc) is 2.16. The van der Waals surface area contributed by atoms with E-state index in [1.165, 1.54) is 7.11 Å². The number of nitrogens with zero attached hydrogens (tertiary/aromatic N) is 1. The lowest BCUT2D eigenvalue weighted by atomic mass is 9.88. The molecule has 0 bridgehead atoms. The largest absolute Gasteiger partial charge is 0.469 e. The summed E-state index contributed by atoms with van der Waals surface area (Å²) in [5.41, 5.74) is 6.00. The lowest BCUT2D eigenvalue weighted by Gasteiger charge is -2.34. The molecule has 0 aliphatic carbocycles. The fraction of sp³-hybridized carbons (Fsp3) is 0.900. The Labute approximate surface area is 85.4 Å². The van der Waals surface area contributed by atoms with Gasteiger partial charge in [0, 0.05) is 19.0 Å². The van der Waals surface area contributed by atoms with Gasteiger partial charge in [-0.25, -0.2) is 0 Å². The zero-order chi connectivity index (χ0) is 10.6. The molecule has 1 fully saturated rings. The standard InChI is InChI=1S/C10H20N2O2/c1-12-6-5-8(9(11)7-12)3-4-10(13)14-2/h8-9H,3-7,11H2,1-2H3/t8-,9-/m0/s1. The first-order chi connectivity index (χ1) is 6.63. The zero-order valence-electron chi connectivity index (χ0n) is 9.03. The molecule has 2 N–H and O–H groups in total. The number of piperidine rings is 1. The van der Waals surface area contributed by atoms with Gasteiger partial charge in [0.25, 0.3) is 0 Å². The third-order valence-electron chi connectivity index (χ3n) is 2.96. The topological polar surface area (TPSA) is 55.6 Å². The molecule has 0 aromatic rings. The van der Waals surface area contributed by atoms with Crippen LogP contribution in [0.4, 0.5) is 0 Å². The highest BCUT2D eigenvalue weighted by atomic mass is 16.5. The SMILES string of the molecule is COC(=O)CC[C@H]1CCN(C)C[C@@H]1N. The van der Waals surface area contributed by atoms with Gasteiger partial charge in [0.05, 0.1) is 7.11 Å². The molecule has 4 nitrogen and oxygen atoms in total. The van der Waals surface area contributed by atoms with E-state index in [0.717, 1.165) is 25.9 Å². The lowest BCUT2D eigenvalue weighted by Crippen LogP contribution is -2.46. The predicted octanol–water partition coefficient (Wildman–Crippen LogP) is 0.219. The van der Waals surface area contributed by atoms with Gasteiger partial charge in [-0.1, -0.05) is 0 Å². The Kier molecular flexibility index (Phi) is 4.35. The van der Waals surface area contributed by atoms with Crippen LogP contribution in [0.2, 0.25) is 0 Å². The second-order valence-electron chi connectivity index (χ2n) is 4.09. The number of carbonyl (C=O) groups is 1. The molecule has 0 saturated carbocycles. The van der Waals surface area contributed by atoms with Gasteiger partial charge in [-0.2, -0.15) is 0 Å². The van der Waals surface area contributed by atoms with E-state index in [-0.39, 0.29) is 12.0 Å². The van der Waals surface area contributed by atoms with Crippen LogP contribution >= 0.6 is 0 Å². The highest BCUT2D eigenvalue weighted by Crippen LogP contribution is 2.20. The molecule has 0 aromatic heterocycles. The summed E-state index contributed by atoms with van der Waals surface area (Å²) in [5, 5.41) is 0. The molecule has 1 aliphatic heterocycles. The summed E-state index contributed by atoms with van der Waals surface area (Å²) >= 11 is 0. The summed E-state index contributed by atoms with van der Waals surface area (Å²) in [6.45, 7) is 2.02. The summed E-state index contributed by atoms with van der Waals surface area (Å²) < 4.78 is 4.61. The van der Waals surface area contributed by atoms with Crippen molar-refractivity contribution >= 4 is 5.97 Å². The normalized spacial score (nSPS) is 28.8. The number of hydrogen-bond acceptors (Lipinski definition) is 4. The van der Waals surface area contributed by atoms with E-state index in [2.05, 4.69) is 16.7 Å². The predicted molar refractivity (Wildman–Crippen MR) is 54.8 cm³/mol. The van der Waals surface area contributed by atoms with Crippen LogP contribution in [0.15, 0.2) is 0 Å². The molecule has 82 valence electrons. The molecule has 1 saturated heterocycles. The van der Waals surface area contributed by atoms with Crippen molar-refractivity contribution in [3.63, 3.8) is 0 Å². The Balaban J connectivity index is 2.27. The number of hydrogen-bond donors (Lipinski definition) is 1. The molecular weight excluding hydrogens is 180 g/mol. The molecule has 1 aliphatic rings. The molecule has 0 radical (unpaired) electrons. The molecular formula is C10H20N2O2. The summed E-state index contributed by atoms with van der Waals surface area (Å²) in [6, 6.07) is 0.207. The smallest absolute Gasteiger partial charge is 0.305 e. The van der Waals surface area contributed by atoms with Crippen molar-refractivity contribution in [1.82, 2.24) is 4.90 Å². The quantitative estimate of drug-likeness (QED) is 0.662. The van der Waals surface area contributed by atoms with Crippen LogP contribution in [0, 0.1) is 5.92 Å². The third kappa shape index (κ3) is 3.27. The molecule has 0 unspecified atom stereocenters. The monoisotopic (exact) mass is 200 g/mol.